The van der Waals surface area contributed by atoms with Crippen molar-refractivity contribution in [1.82, 2.24) is 4.98 Å². The number of pyridine rings is 1. The average molecular weight is 304 g/mol. The summed E-state index contributed by atoms with van der Waals surface area (Å²) >= 11 is 0. The Balaban J connectivity index is 1.96. The van der Waals surface area contributed by atoms with E-state index in [4.69, 9.17) is 0 Å². The van der Waals surface area contributed by atoms with Crippen LogP contribution in [0.15, 0.2) is 60.8 Å². The molecule has 3 aromatic rings. The van der Waals surface area contributed by atoms with Gasteiger partial charge in [0.15, 0.2) is 0 Å². The number of carbonyl (C=O) groups excluding carboxylic acids is 1. The van der Waals surface area contributed by atoms with Gasteiger partial charge in [0.05, 0.1) is 0 Å². The number of hydrogen-bond donors (Lipinski definition) is 0. The first-order valence-corrected chi connectivity index (χ1v) is 7.98. The highest BCUT2D eigenvalue weighted by atomic mass is 16.1. The Kier molecular flexibility index (Phi) is 4.38. The maximum absolute atomic E-state index is 12.8. The molecule has 0 bridgehead atoms. The van der Waals surface area contributed by atoms with Crippen LogP contribution >= 0.6 is 0 Å². The Morgan fingerprint density at radius 3 is 2.35 bits per heavy atom. The SMILES string of the molecule is CCN(CC)c1ccc(C(=O)c2nccc3ccccc23)cc1. The van der Waals surface area contributed by atoms with E-state index in [1.807, 2.05) is 54.6 Å². The maximum atomic E-state index is 12.8. The molecule has 0 atom stereocenters. The van der Waals surface area contributed by atoms with E-state index in [0.717, 1.165) is 29.5 Å². The average Bonchev–Trinajstić information content (AvgIpc) is 2.62. The van der Waals surface area contributed by atoms with Crippen molar-refractivity contribution in [1.29, 1.82) is 0 Å². The van der Waals surface area contributed by atoms with E-state index in [2.05, 4.69) is 23.7 Å². The predicted octanol–water partition coefficient (Wildman–Crippen LogP) is 4.31. The van der Waals surface area contributed by atoms with Gasteiger partial charge in [0.2, 0.25) is 5.78 Å². The molecule has 0 aliphatic heterocycles. The van der Waals surface area contributed by atoms with Crippen molar-refractivity contribution in [3.05, 3.63) is 72.1 Å². The van der Waals surface area contributed by atoms with E-state index >= 15 is 0 Å². The van der Waals surface area contributed by atoms with Gasteiger partial charge in [-0.2, -0.15) is 0 Å². The van der Waals surface area contributed by atoms with Crippen LogP contribution in [0.5, 0.6) is 0 Å². The molecule has 0 spiro atoms. The van der Waals surface area contributed by atoms with Crippen LogP contribution in [0, 0.1) is 0 Å². The maximum Gasteiger partial charge on any atom is 0.211 e. The van der Waals surface area contributed by atoms with Crippen LogP contribution in [0.1, 0.15) is 29.9 Å². The molecule has 0 radical (unpaired) electrons. The van der Waals surface area contributed by atoms with E-state index in [9.17, 15) is 4.79 Å². The lowest BCUT2D eigenvalue weighted by Crippen LogP contribution is -2.21. The third-order valence-electron chi connectivity index (χ3n) is 4.15. The number of anilines is 1. The fourth-order valence-corrected chi connectivity index (χ4v) is 2.85. The Morgan fingerprint density at radius 2 is 1.65 bits per heavy atom. The smallest absolute Gasteiger partial charge is 0.211 e. The minimum absolute atomic E-state index is 0.0344. The molecule has 0 aliphatic rings. The van der Waals surface area contributed by atoms with E-state index < -0.39 is 0 Å². The second kappa shape index (κ2) is 6.61. The van der Waals surface area contributed by atoms with E-state index in [1.165, 1.54) is 0 Å². The lowest BCUT2D eigenvalue weighted by Gasteiger charge is -2.21. The monoisotopic (exact) mass is 304 g/mol. The summed E-state index contributed by atoms with van der Waals surface area (Å²) in [4.78, 5) is 19.4. The third-order valence-corrected chi connectivity index (χ3v) is 4.15. The minimum atomic E-state index is -0.0344. The Morgan fingerprint density at radius 1 is 0.957 bits per heavy atom. The third kappa shape index (κ3) is 2.95. The topological polar surface area (TPSA) is 33.2 Å². The van der Waals surface area contributed by atoms with Gasteiger partial charge in [0.1, 0.15) is 5.69 Å². The molecular weight excluding hydrogens is 284 g/mol. The molecule has 2 aromatic carbocycles. The summed E-state index contributed by atoms with van der Waals surface area (Å²) in [5, 5.41) is 1.93. The van der Waals surface area contributed by atoms with Crippen molar-refractivity contribution >= 4 is 22.2 Å². The van der Waals surface area contributed by atoms with Crippen LogP contribution in [-0.2, 0) is 0 Å². The predicted molar refractivity (Wildman–Crippen MR) is 95.2 cm³/mol. The molecule has 0 aliphatic carbocycles. The van der Waals surface area contributed by atoms with Gasteiger partial charge in [-0.15, -0.1) is 0 Å². The molecular formula is C20H20N2O. The summed E-state index contributed by atoms with van der Waals surface area (Å²) in [6, 6.07) is 17.6. The van der Waals surface area contributed by atoms with Gasteiger partial charge < -0.3 is 4.90 Å². The van der Waals surface area contributed by atoms with Crippen molar-refractivity contribution in [3.8, 4) is 0 Å². The first kappa shape index (κ1) is 15.2. The van der Waals surface area contributed by atoms with Crippen LogP contribution < -0.4 is 4.90 Å². The van der Waals surface area contributed by atoms with E-state index in [1.54, 1.807) is 6.20 Å². The zero-order valence-electron chi connectivity index (χ0n) is 13.5. The standard InChI is InChI=1S/C20H20N2O/c1-3-22(4-2)17-11-9-16(10-12-17)20(23)19-18-8-6-5-7-15(18)13-14-21-19/h5-14H,3-4H2,1-2H3. The molecule has 0 N–H and O–H groups in total. The number of carbonyl (C=O) groups is 1. The van der Waals surface area contributed by atoms with E-state index in [-0.39, 0.29) is 5.78 Å². The number of ketones is 1. The van der Waals surface area contributed by atoms with Gasteiger partial charge in [0.25, 0.3) is 0 Å². The second-order valence-electron chi connectivity index (χ2n) is 5.43. The highest BCUT2D eigenvalue weighted by Gasteiger charge is 2.14. The van der Waals surface area contributed by atoms with Crippen molar-refractivity contribution in [2.24, 2.45) is 0 Å². The number of fused-ring (bicyclic) bond motifs is 1. The first-order valence-electron chi connectivity index (χ1n) is 7.98. The molecule has 1 heterocycles. The molecule has 0 saturated carbocycles. The largest absolute Gasteiger partial charge is 0.372 e. The number of hydrogen-bond acceptors (Lipinski definition) is 3. The molecule has 0 unspecified atom stereocenters. The molecule has 116 valence electrons. The molecule has 1 aromatic heterocycles. The fraction of sp³-hybridized carbons (Fsp3) is 0.200. The summed E-state index contributed by atoms with van der Waals surface area (Å²) in [7, 11) is 0. The minimum Gasteiger partial charge on any atom is -0.372 e. The lowest BCUT2D eigenvalue weighted by atomic mass is 10.0. The molecule has 0 amide bonds. The van der Waals surface area contributed by atoms with Crippen LogP contribution in [0.25, 0.3) is 10.8 Å². The van der Waals surface area contributed by atoms with Crippen molar-refractivity contribution < 1.29 is 4.79 Å². The summed E-state index contributed by atoms with van der Waals surface area (Å²) in [5.41, 5.74) is 2.32. The van der Waals surface area contributed by atoms with Crippen molar-refractivity contribution in [2.75, 3.05) is 18.0 Å². The van der Waals surface area contributed by atoms with E-state index in [0.29, 0.717) is 11.3 Å². The van der Waals surface area contributed by atoms with Crippen LogP contribution in [-0.4, -0.2) is 23.9 Å². The molecule has 3 rings (SSSR count). The zero-order chi connectivity index (χ0) is 16.2. The summed E-state index contributed by atoms with van der Waals surface area (Å²) in [6.45, 7) is 6.16. The molecule has 3 heteroatoms. The highest BCUT2D eigenvalue weighted by Crippen LogP contribution is 2.21. The molecule has 0 fully saturated rings. The summed E-state index contributed by atoms with van der Waals surface area (Å²) in [5.74, 6) is -0.0344. The number of aromatic nitrogens is 1. The van der Waals surface area contributed by atoms with Crippen molar-refractivity contribution in [3.63, 3.8) is 0 Å². The van der Waals surface area contributed by atoms with Gasteiger partial charge in [-0.05, 0) is 49.6 Å². The van der Waals surface area contributed by atoms with Crippen molar-refractivity contribution in [2.45, 2.75) is 13.8 Å². The summed E-state index contributed by atoms with van der Waals surface area (Å²) in [6.07, 6.45) is 1.69. The molecule has 3 nitrogen and oxygen atoms in total. The Bertz CT molecular complexity index is 815. The normalized spacial score (nSPS) is 10.7. The number of benzene rings is 2. The molecule has 23 heavy (non-hydrogen) atoms. The van der Waals surface area contributed by atoms with Gasteiger partial charge >= 0.3 is 0 Å². The Labute approximate surface area is 136 Å². The second-order valence-corrected chi connectivity index (χ2v) is 5.43. The Hall–Kier alpha value is -2.68. The number of rotatable bonds is 5. The van der Waals surface area contributed by atoms with Gasteiger partial charge in [0, 0.05) is 35.9 Å². The van der Waals surface area contributed by atoms with Crippen LogP contribution in [0.3, 0.4) is 0 Å². The zero-order valence-corrected chi connectivity index (χ0v) is 13.5. The molecule has 0 saturated heterocycles. The summed E-state index contributed by atoms with van der Waals surface area (Å²) < 4.78 is 0. The lowest BCUT2D eigenvalue weighted by molar-refractivity contribution is 0.103. The fourth-order valence-electron chi connectivity index (χ4n) is 2.85. The van der Waals surface area contributed by atoms with Crippen LogP contribution in [0.4, 0.5) is 5.69 Å². The van der Waals surface area contributed by atoms with Gasteiger partial charge in [-0.1, -0.05) is 24.3 Å². The van der Waals surface area contributed by atoms with Gasteiger partial charge in [-0.25, -0.2) is 0 Å². The number of nitrogens with zero attached hydrogens (tertiary/aromatic N) is 2. The highest BCUT2D eigenvalue weighted by molar-refractivity contribution is 6.15. The van der Waals surface area contributed by atoms with Crippen LogP contribution in [0.2, 0.25) is 0 Å². The van der Waals surface area contributed by atoms with Gasteiger partial charge in [-0.3, -0.25) is 9.78 Å². The first-order chi connectivity index (χ1) is 11.2. The quantitative estimate of drug-likeness (QED) is 0.658.